The highest BCUT2D eigenvalue weighted by Gasteiger charge is 2.08. The summed E-state index contributed by atoms with van der Waals surface area (Å²) < 4.78 is 23.1. The average Bonchev–Trinajstić information content (AvgIpc) is 2.73. The Morgan fingerprint density at radius 1 is 1.44 bits per heavy atom. The van der Waals surface area contributed by atoms with Crippen LogP contribution in [0.15, 0.2) is 22.7 Å². The maximum absolute atomic E-state index is 13.1. The number of benzene rings is 1. The molecule has 1 aromatic carbocycles. The van der Waals surface area contributed by atoms with Crippen LogP contribution in [0, 0.1) is 5.82 Å². The summed E-state index contributed by atoms with van der Waals surface area (Å²) >= 11 is 4.49. The molecule has 0 aliphatic rings. The third-order valence-electron chi connectivity index (χ3n) is 2.10. The summed E-state index contributed by atoms with van der Waals surface area (Å²) in [6.45, 7) is 3.05. The van der Waals surface area contributed by atoms with Crippen LogP contribution in [0.5, 0.6) is 5.75 Å². The quantitative estimate of drug-likeness (QED) is 0.911. The van der Waals surface area contributed by atoms with Gasteiger partial charge in [0.2, 0.25) is 0 Å². The van der Waals surface area contributed by atoms with E-state index in [4.69, 9.17) is 4.74 Å². The lowest BCUT2D eigenvalue weighted by Crippen LogP contribution is -2.02. The normalized spacial score (nSPS) is 10.4. The van der Waals surface area contributed by atoms with E-state index in [1.807, 2.05) is 6.92 Å². The van der Waals surface area contributed by atoms with E-state index in [-0.39, 0.29) is 12.4 Å². The molecule has 1 N–H and O–H groups in total. The standard InChI is InChI=1S/C11H11BrFN3OS/c1-2-14-11-10(15-16-18-11)6-17-9-4-7(12)3-8(13)5-9/h3-5,14H,2,6H2,1H3. The van der Waals surface area contributed by atoms with Gasteiger partial charge in [0.15, 0.2) is 0 Å². The second kappa shape index (κ2) is 6.10. The fraction of sp³-hybridized carbons (Fsp3) is 0.273. The van der Waals surface area contributed by atoms with Crippen molar-refractivity contribution in [1.82, 2.24) is 9.59 Å². The van der Waals surface area contributed by atoms with Crippen molar-refractivity contribution in [2.45, 2.75) is 13.5 Å². The van der Waals surface area contributed by atoms with Crippen molar-refractivity contribution in [2.24, 2.45) is 0 Å². The number of ether oxygens (including phenoxy) is 1. The third kappa shape index (κ3) is 3.39. The molecule has 0 radical (unpaired) electrons. The van der Waals surface area contributed by atoms with Crippen molar-refractivity contribution in [3.8, 4) is 5.75 Å². The summed E-state index contributed by atoms with van der Waals surface area (Å²) in [6, 6.07) is 4.41. The molecule has 4 nitrogen and oxygen atoms in total. The van der Waals surface area contributed by atoms with E-state index in [9.17, 15) is 4.39 Å². The van der Waals surface area contributed by atoms with Crippen LogP contribution >= 0.6 is 27.5 Å². The molecule has 2 aromatic rings. The van der Waals surface area contributed by atoms with Gasteiger partial charge in [-0.3, -0.25) is 0 Å². The molecule has 1 heterocycles. The molecule has 0 saturated carbocycles. The molecule has 7 heteroatoms. The van der Waals surface area contributed by atoms with Gasteiger partial charge in [0, 0.05) is 28.6 Å². The van der Waals surface area contributed by atoms with Crippen molar-refractivity contribution in [3.63, 3.8) is 0 Å². The van der Waals surface area contributed by atoms with Crippen LogP contribution in [0.4, 0.5) is 9.39 Å². The lowest BCUT2D eigenvalue weighted by Gasteiger charge is -2.06. The van der Waals surface area contributed by atoms with Crippen molar-refractivity contribution in [3.05, 3.63) is 34.2 Å². The minimum atomic E-state index is -0.345. The van der Waals surface area contributed by atoms with Gasteiger partial charge in [0.1, 0.15) is 28.9 Å². The third-order valence-corrected chi connectivity index (χ3v) is 3.29. The Morgan fingerprint density at radius 3 is 3.00 bits per heavy atom. The van der Waals surface area contributed by atoms with Crippen LogP contribution < -0.4 is 10.1 Å². The van der Waals surface area contributed by atoms with Crippen LogP contribution in [0.2, 0.25) is 0 Å². The number of hydrogen-bond acceptors (Lipinski definition) is 5. The fourth-order valence-corrected chi connectivity index (χ4v) is 2.44. The average molecular weight is 332 g/mol. The second-order valence-corrected chi connectivity index (χ2v) is 5.14. The number of rotatable bonds is 5. The summed E-state index contributed by atoms with van der Waals surface area (Å²) in [4.78, 5) is 0. The molecular weight excluding hydrogens is 321 g/mol. The molecule has 0 aliphatic heterocycles. The molecule has 0 spiro atoms. The number of nitrogens with one attached hydrogen (secondary N) is 1. The topological polar surface area (TPSA) is 47.0 Å². The first-order valence-corrected chi connectivity index (χ1v) is 6.89. The predicted octanol–water partition coefficient (Wildman–Crippen LogP) is 3.45. The summed E-state index contributed by atoms with van der Waals surface area (Å²) in [7, 11) is 0. The molecule has 96 valence electrons. The second-order valence-electron chi connectivity index (χ2n) is 3.47. The molecule has 0 bridgehead atoms. The Bertz CT molecular complexity index is 515. The Labute approximate surface area is 116 Å². The monoisotopic (exact) mass is 331 g/mol. The molecule has 0 fully saturated rings. The Morgan fingerprint density at radius 2 is 2.28 bits per heavy atom. The maximum atomic E-state index is 13.1. The first-order chi connectivity index (χ1) is 8.69. The highest BCUT2D eigenvalue weighted by molar-refractivity contribution is 9.10. The molecule has 0 aliphatic carbocycles. The molecule has 0 unspecified atom stereocenters. The molecule has 0 atom stereocenters. The van der Waals surface area contributed by atoms with E-state index in [2.05, 4.69) is 30.8 Å². The van der Waals surface area contributed by atoms with E-state index >= 15 is 0 Å². The SMILES string of the molecule is CCNc1snnc1COc1cc(F)cc(Br)c1. The minimum Gasteiger partial charge on any atom is -0.487 e. The summed E-state index contributed by atoms with van der Waals surface area (Å²) in [6.07, 6.45) is 0. The molecule has 2 rings (SSSR count). The molecule has 1 aromatic heterocycles. The smallest absolute Gasteiger partial charge is 0.136 e. The molecule has 0 amide bonds. The summed E-state index contributed by atoms with van der Waals surface area (Å²) in [5, 5.41) is 8.00. The highest BCUT2D eigenvalue weighted by atomic mass is 79.9. The molecule has 0 saturated heterocycles. The van der Waals surface area contributed by atoms with Crippen LogP contribution in [0.3, 0.4) is 0 Å². The molecular formula is C11H11BrFN3OS. The number of anilines is 1. The van der Waals surface area contributed by atoms with Crippen molar-refractivity contribution < 1.29 is 9.13 Å². The number of halogens is 2. The van der Waals surface area contributed by atoms with E-state index in [0.29, 0.717) is 10.2 Å². The largest absolute Gasteiger partial charge is 0.487 e. The van der Waals surface area contributed by atoms with Crippen LogP contribution in [0.1, 0.15) is 12.6 Å². The highest BCUT2D eigenvalue weighted by Crippen LogP contribution is 2.23. The van der Waals surface area contributed by atoms with Gasteiger partial charge in [-0.25, -0.2) is 4.39 Å². The van der Waals surface area contributed by atoms with E-state index in [1.54, 1.807) is 6.07 Å². The Hall–Kier alpha value is -1.21. The number of hydrogen-bond donors (Lipinski definition) is 1. The lowest BCUT2D eigenvalue weighted by atomic mass is 10.3. The van der Waals surface area contributed by atoms with Crippen LogP contribution in [-0.4, -0.2) is 16.1 Å². The van der Waals surface area contributed by atoms with E-state index in [1.165, 1.54) is 23.7 Å². The van der Waals surface area contributed by atoms with Crippen molar-refractivity contribution in [1.29, 1.82) is 0 Å². The van der Waals surface area contributed by atoms with Gasteiger partial charge in [-0.05, 0) is 19.1 Å². The van der Waals surface area contributed by atoms with Gasteiger partial charge in [-0.1, -0.05) is 20.4 Å². The Kier molecular flexibility index (Phi) is 4.48. The fourth-order valence-electron chi connectivity index (χ4n) is 1.36. The van der Waals surface area contributed by atoms with Crippen LogP contribution in [0.25, 0.3) is 0 Å². The zero-order chi connectivity index (χ0) is 13.0. The zero-order valence-electron chi connectivity index (χ0n) is 9.61. The van der Waals surface area contributed by atoms with Gasteiger partial charge in [-0.2, -0.15) is 0 Å². The Balaban J connectivity index is 2.04. The van der Waals surface area contributed by atoms with Gasteiger partial charge in [0.05, 0.1) is 0 Å². The van der Waals surface area contributed by atoms with E-state index in [0.717, 1.165) is 17.2 Å². The van der Waals surface area contributed by atoms with Gasteiger partial charge < -0.3 is 10.1 Å². The molecule has 18 heavy (non-hydrogen) atoms. The van der Waals surface area contributed by atoms with Gasteiger partial charge >= 0.3 is 0 Å². The maximum Gasteiger partial charge on any atom is 0.136 e. The van der Waals surface area contributed by atoms with E-state index < -0.39 is 0 Å². The van der Waals surface area contributed by atoms with Gasteiger partial charge in [0.25, 0.3) is 0 Å². The first kappa shape index (κ1) is 13.2. The lowest BCUT2D eigenvalue weighted by molar-refractivity contribution is 0.300. The number of aromatic nitrogens is 2. The number of nitrogens with zero attached hydrogens (tertiary/aromatic N) is 2. The van der Waals surface area contributed by atoms with Crippen molar-refractivity contribution in [2.75, 3.05) is 11.9 Å². The van der Waals surface area contributed by atoms with Crippen LogP contribution in [-0.2, 0) is 6.61 Å². The zero-order valence-corrected chi connectivity index (χ0v) is 12.0. The minimum absolute atomic E-state index is 0.259. The summed E-state index contributed by atoms with van der Waals surface area (Å²) in [5.41, 5.74) is 0.724. The predicted molar refractivity (Wildman–Crippen MR) is 72.5 cm³/mol. The summed E-state index contributed by atoms with van der Waals surface area (Å²) in [5.74, 6) is 0.111. The van der Waals surface area contributed by atoms with Crippen molar-refractivity contribution >= 4 is 32.5 Å². The first-order valence-electron chi connectivity index (χ1n) is 5.33. The van der Waals surface area contributed by atoms with Gasteiger partial charge in [-0.15, -0.1) is 5.10 Å².